The average molecular weight is 345 g/mol. The molecule has 1 aromatic rings. The highest BCUT2D eigenvalue weighted by molar-refractivity contribution is 5.83. The number of rotatable bonds is 12. The third-order valence-corrected chi connectivity index (χ3v) is 5.15. The van der Waals surface area contributed by atoms with Crippen molar-refractivity contribution in [2.24, 2.45) is 17.8 Å². The first-order chi connectivity index (χ1) is 11.8. The lowest BCUT2D eigenvalue weighted by Gasteiger charge is -2.15. The molecular formula is C23H36O2. The zero-order valence-corrected chi connectivity index (χ0v) is 16.8. The summed E-state index contributed by atoms with van der Waals surface area (Å²) in [6.07, 6.45) is 6.74. The summed E-state index contributed by atoms with van der Waals surface area (Å²) >= 11 is 0. The van der Waals surface area contributed by atoms with Crippen molar-refractivity contribution in [3.05, 3.63) is 35.4 Å². The van der Waals surface area contributed by atoms with Crippen LogP contribution < -0.4 is 0 Å². The molecule has 1 rings (SSSR count). The molecule has 2 nitrogen and oxygen atoms in total. The molecule has 0 heterocycles. The molecule has 0 spiro atoms. The van der Waals surface area contributed by atoms with Crippen molar-refractivity contribution in [1.82, 2.24) is 0 Å². The van der Waals surface area contributed by atoms with Crippen LogP contribution in [-0.2, 0) is 22.4 Å². The van der Waals surface area contributed by atoms with Gasteiger partial charge in [0.05, 0.1) is 0 Å². The largest absolute Gasteiger partial charge is 0.299 e. The number of benzene rings is 1. The number of aryl methyl sites for hydroxylation is 1. The first-order valence-corrected chi connectivity index (χ1v) is 9.99. The van der Waals surface area contributed by atoms with Crippen LogP contribution >= 0.6 is 0 Å². The van der Waals surface area contributed by atoms with E-state index in [1.165, 1.54) is 11.1 Å². The summed E-state index contributed by atoms with van der Waals surface area (Å²) < 4.78 is 0. The van der Waals surface area contributed by atoms with Gasteiger partial charge < -0.3 is 0 Å². The Morgan fingerprint density at radius 2 is 1.60 bits per heavy atom. The smallest absolute Gasteiger partial charge is 0.138 e. The van der Waals surface area contributed by atoms with Crippen molar-refractivity contribution in [2.75, 3.05) is 0 Å². The molecule has 0 aliphatic heterocycles. The second kappa shape index (κ2) is 11.2. The summed E-state index contributed by atoms with van der Waals surface area (Å²) in [6, 6.07) is 8.65. The number of hydrogen-bond acceptors (Lipinski definition) is 2. The highest BCUT2D eigenvalue weighted by Gasteiger charge is 2.18. The maximum absolute atomic E-state index is 12.3. The Labute approximate surface area is 154 Å². The van der Waals surface area contributed by atoms with Crippen LogP contribution in [0.3, 0.4) is 0 Å². The van der Waals surface area contributed by atoms with Crippen molar-refractivity contribution in [3.63, 3.8) is 0 Å². The van der Waals surface area contributed by atoms with Gasteiger partial charge in [-0.15, -0.1) is 0 Å². The van der Waals surface area contributed by atoms with Crippen molar-refractivity contribution in [2.45, 2.75) is 79.6 Å². The van der Waals surface area contributed by atoms with Crippen molar-refractivity contribution >= 4 is 11.6 Å². The molecule has 0 aliphatic rings. The summed E-state index contributed by atoms with van der Waals surface area (Å²) in [5, 5.41) is 0. The van der Waals surface area contributed by atoms with Crippen LogP contribution in [0.4, 0.5) is 0 Å². The number of unbranched alkanes of at least 4 members (excludes halogenated alkanes) is 2. The lowest BCUT2D eigenvalue weighted by molar-refractivity contribution is -0.126. The predicted octanol–water partition coefficient (Wildman–Crippen LogP) is 5.81. The van der Waals surface area contributed by atoms with E-state index in [1.807, 2.05) is 27.7 Å². The maximum Gasteiger partial charge on any atom is 0.138 e. The van der Waals surface area contributed by atoms with Gasteiger partial charge in [-0.3, -0.25) is 9.59 Å². The van der Waals surface area contributed by atoms with Gasteiger partial charge in [-0.05, 0) is 43.2 Å². The minimum absolute atomic E-state index is 0.0900. The minimum atomic E-state index is 0.0900. The average Bonchev–Trinajstić information content (AvgIpc) is 2.60. The van der Waals surface area contributed by atoms with Gasteiger partial charge in [-0.1, -0.05) is 65.3 Å². The van der Waals surface area contributed by atoms with E-state index in [0.29, 0.717) is 18.0 Å². The Morgan fingerprint density at radius 1 is 0.920 bits per heavy atom. The highest BCUT2D eigenvalue weighted by Crippen LogP contribution is 2.18. The van der Waals surface area contributed by atoms with E-state index in [2.05, 4.69) is 31.2 Å². The summed E-state index contributed by atoms with van der Waals surface area (Å²) in [4.78, 5) is 23.9. The number of carbonyl (C=O) groups excluding carboxylic acids is 2. The van der Waals surface area contributed by atoms with E-state index in [9.17, 15) is 9.59 Å². The zero-order valence-electron chi connectivity index (χ0n) is 16.8. The van der Waals surface area contributed by atoms with Crippen molar-refractivity contribution in [1.29, 1.82) is 0 Å². The number of carbonyl (C=O) groups is 2. The van der Waals surface area contributed by atoms with E-state index in [0.717, 1.165) is 38.5 Å². The molecule has 0 bridgehead atoms. The molecule has 2 heteroatoms. The summed E-state index contributed by atoms with van der Waals surface area (Å²) in [7, 11) is 0. The molecule has 140 valence electrons. The van der Waals surface area contributed by atoms with Gasteiger partial charge in [0, 0.05) is 24.2 Å². The van der Waals surface area contributed by atoms with Crippen LogP contribution in [-0.4, -0.2) is 11.6 Å². The van der Waals surface area contributed by atoms with Gasteiger partial charge in [0.25, 0.3) is 0 Å². The van der Waals surface area contributed by atoms with Crippen LogP contribution in [0.15, 0.2) is 24.3 Å². The molecule has 0 saturated carbocycles. The number of Topliss-reactive ketones (excluding diaryl/α,β-unsaturated/α-hetero) is 2. The molecule has 2 atom stereocenters. The molecule has 0 aliphatic carbocycles. The molecule has 0 N–H and O–H groups in total. The molecule has 25 heavy (non-hydrogen) atoms. The van der Waals surface area contributed by atoms with Gasteiger partial charge >= 0.3 is 0 Å². The molecule has 0 saturated heterocycles. The van der Waals surface area contributed by atoms with Crippen molar-refractivity contribution in [3.8, 4) is 0 Å². The molecule has 1 aromatic carbocycles. The fourth-order valence-electron chi connectivity index (χ4n) is 3.15. The third kappa shape index (κ3) is 7.98. The topological polar surface area (TPSA) is 34.1 Å². The van der Waals surface area contributed by atoms with Crippen LogP contribution in [0.2, 0.25) is 0 Å². The standard InChI is InChI=1S/C23H36O2/c1-6-18(4)23(25)19(5)15-21-13-10-12-20(16-21)11-8-7-9-14-22(24)17(2)3/h10,12-13,16-19H,6-9,11,14-15H2,1-5H3. The van der Waals surface area contributed by atoms with E-state index < -0.39 is 0 Å². The summed E-state index contributed by atoms with van der Waals surface area (Å²) in [6.45, 7) is 10.1. The Morgan fingerprint density at radius 3 is 2.24 bits per heavy atom. The first-order valence-electron chi connectivity index (χ1n) is 9.99. The monoisotopic (exact) mass is 344 g/mol. The van der Waals surface area contributed by atoms with Crippen LogP contribution in [0.25, 0.3) is 0 Å². The SMILES string of the molecule is CCC(C)C(=O)C(C)Cc1cccc(CCCCCC(=O)C(C)C)c1. The molecule has 0 radical (unpaired) electrons. The Balaban J connectivity index is 2.42. The first kappa shape index (κ1) is 21.6. The van der Waals surface area contributed by atoms with Crippen LogP contribution in [0.5, 0.6) is 0 Å². The molecule has 0 amide bonds. The molecule has 0 aromatic heterocycles. The molecular weight excluding hydrogens is 308 g/mol. The lowest BCUT2D eigenvalue weighted by Crippen LogP contribution is -2.20. The number of hydrogen-bond donors (Lipinski definition) is 0. The predicted molar refractivity (Wildman–Crippen MR) is 106 cm³/mol. The van der Waals surface area contributed by atoms with E-state index in [1.54, 1.807) is 0 Å². The fourth-order valence-corrected chi connectivity index (χ4v) is 3.15. The van der Waals surface area contributed by atoms with Gasteiger partial charge in [-0.25, -0.2) is 0 Å². The molecule has 2 unspecified atom stereocenters. The normalized spacial score (nSPS) is 13.7. The fraction of sp³-hybridized carbons (Fsp3) is 0.652. The second-order valence-corrected chi connectivity index (χ2v) is 7.82. The van der Waals surface area contributed by atoms with Gasteiger partial charge in [0.2, 0.25) is 0 Å². The van der Waals surface area contributed by atoms with Crippen molar-refractivity contribution < 1.29 is 9.59 Å². The zero-order chi connectivity index (χ0) is 18.8. The lowest BCUT2D eigenvalue weighted by atomic mass is 9.88. The van der Waals surface area contributed by atoms with E-state index in [-0.39, 0.29) is 17.8 Å². The number of ketones is 2. The van der Waals surface area contributed by atoms with Crippen LogP contribution in [0, 0.1) is 17.8 Å². The molecule has 0 fully saturated rings. The van der Waals surface area contributed by atoms with Gasteiger partial charge in [0.15, 0.2) is 0 Å². The quantitative estimate of drug-likeness (QED) is 0.448. The Kier molecular flexibility index (Phi) is 9.70. The van der Waals surface area contributed by atoms with Gasteiger partial charge in [0.1, 0.15) is 11.6 Å². The minimum Gasteiger partial charge on any atom is -0.299 e. The Bertz CT molecular complexity index is 545. The third-order valence-electron chi connectivity index (χ3n) is 5.15. The maximum atomic E-state index is 12.3. The van der Waals surface area contributed by atoms with E-state index in [4.69, 9.17) is 0 Å². The van der Waals surface area contributed by atoms with E-state index >= 15 is 0 Å². The van der Waals surface area contributed by atoms with Gasteiger partial charge in [-0.2, -0.15) is 0 Å². The summed E-state index contributed by atoms with van der Waals surface area (Å²) in [5.74, 6) is 1.17. The van der Waals surface area contributed by atoms with Crippen LogP contribution in [0.1, 0.15) is 77.8 Å². The second-order valence-electron chi connectivity index (χ2n) is 7.82. The Hall–Kier alpha value is -1.44. The highest BCUT2D eigenvalue weighted by atomic mass is 16.1. The summed E-state index contributed by atoms with van der Waals surface area (Å²) in [5.41, 5.74) is 2.60.